The zero-order valence-corrected chi connectivity index (χ0v) is 14.1. The minimum Gasteiger partial charge on any atom is -0.491 e. The molecule has 0 saturated heterocycles. The molecule has 3 heterocycles. The van der Waals surface area contributed by atoms with Crippen molar-refractivity contribution in [2.45, 2.75) is 18.6 Å². The third-order valence-corrected chi connectivity index (χ3v) is 4.85. The maximum Gasteiger partial charge on any atom is 0.278 e. The average Bonchev–Trinajstić information content (AvgIpc) is 2.66. The number of pyridine rings is 1. The van der Waals surface area contributed by atoms with Gasteiger partial charge in [0.2, 0.25) is 5.43 Å². The predicted molar refractivity (Wildman–Crippen MR) is 94.3 cm³/mol. The summed E-state index contributed by atoms with van der Waals surface area (Å²) in [4.78, 5) is 26.7. The van der Waals surface area contributed by atoms with E-state index in [2.05, 4.69) is 23.2 Å². The van der Waals surface area contributed by atoms with Crippen LogP contribution in [0, 0.1) is 0 Å². The molecule has 0 aliphatic carbocycles. The number of methoxy groups -OCH3 is 1. The standard InChI is InChI=1S/C19H19N3O3/c1-20-16-10-6-9-14(13-7-4-3-5-8-13)22(16)21-12-11-15(23)18(25-2)17(21)19(20)24/h3-8,10-12,14,16H,9H2,1-2H3. The van der Waals surface area contributed by atoms with Gasteiger partial charge in [-0.15, -0.1) is 0 Å². The number of benzene rings is 1. The summed E-state index contributed by atoms with van der Waals surface area (Å²) in [5.74, 6) is -0.145. The van der Waals surface area contributed by atoms with Crippen LogP contribution in [0.5, 0.6) is 5.75 Å². The Kier molecular flexibility index (Phi) is 3.60. The van der Waals surface area contributed by atoms with Gasteiger partial charge in [0.05, 0.1) is 13.2 Å². The van der Waals surface area contributed by atoms with Crippen LogP contribution in [0.2, 0.25) is 0 Å². The van der Waals surface area contributed by atoms with Crippen LogP contribution in [0.15, 0.2) is 59.5 Å². The summed E-state index contributed by atoms with van der Waals surface area (Å²) < 4.78 is 7.03. The van der Waals surface area contributed by atoms with Crippen molar-refractivity contribution in [2.75, 3.05) is 19.2 Å². The highest BCUT2D eigenvalue weighted by atomic mass is 16.5. The van der Waals surface area contributed by atoms with Crippen molar-refractivity contribution in [2.24, 2.45) is 0 Å². The lowest BCUT2D eigenvalue weighted by atomic mass is 9.98. The molecular formula is C19H19N3O3. The van der Waals surface area contributed by atoms with E-state index in [1.165, 1.54) is 13.2 Å². The molecule has 2 unspecified atom stereocenters. The summed E-state index contributed by atoms with van der Waals surface area (Å²) in [5.41, 5.74) is 1.13. The number of carbonyl (C=O) groups excluding carboxylic acids is 1. The first-order chi connectivity index (χ1) is 12.1. The number of fused-ring (bicyclic) bond motifs is 3. The third-order valence-electron chi connectivity index (χ3n) is 4.85. The molecule has 0 saturated carbocycles. The molecule has 2 aliphatic rings. The van der Waals surface area contributed by atoms with Gasteiger partial charge in [0, 0.05) is 19.3 Å². The van der Waals surface area contributed by atoms with Crippen molar-refractivity contribution in [1.82, 2.24) is 9.58 Å². The molecule has 0 fully saturated rings. The van der Waals surface area contributed by atoms with Gasteiger partial charge in [-0.3, -0.25) is 19.3 Å². The molecule has 0 spiro atoms. The lowest BCUT2D eigenvalue weighted by molar-refractivity contribution is 0.0654. The molecule has 25 heavy (non-hydrogen) atoms. The van der Waals surface area contributed by atoms with E-state index < -0.39 is 0 Å². The summed E-state index contributed by atoms with van der Waals surface area (Å²) in [7, 11) is 3.17. The monoisotopic (exact) mass is 337 g/mol. The van der Waals surface area contributed by atoms with E-state index in [0.29, 0.717) is 0 Å². The quantitative estimate of drug-likeness (QED) is 0.786. The van der Waals surface area contributed by atoms with Crippen LogP contribution >= 0.6 is 0 Å². The first-order valence-corrected chi connectivity index (χ1v) is 8.20. The van der Waals surface area contributed by atoms with E-state index in [4.69, 9.17) is 4.74 Å². The molecule has 1 amide bonds. The lowest BCUT2D eigenvalue weighted by Crippen LogP contribution is -2.61. The maximum absolute atomic E-state index is 12.9. The number of hydrogen-bond donors (Lipinski definition) is 0. The van der Waals surface area contributed by atoms with E-state index in [0.717, 1.165) is 12.0 Å². The first kappa shape index (κ1) is 15.5. The molecule has 1 aromatic carbocycles. The van der Waals surface area contributed by atoms with Crippen LogP contribution < -0.4 is 15.2 Å². The molecule has 2 aromatic rings. The lowest BCUT2D eigenvalue weighted by Gasteiger charge is -2.49. The molecule has 2 atom stereocenters. The van der Waals surface area contributed by atoms with E-state index in [9.17, 15) is 9.59 Å². The second-order valence-corrected chi connectivity index (χ2v) is 6.21. The van der Waals surface area contributed by atoms with E-state index in [-0.39, 0.29) is 35.0 Å². The fourth-order valence-electron chi connectivity index (χ4n) is 3.64. The molecular weight excluding hydrogens is 318 g/mol. The zero-order chi connectivity index (χ0) is 17.6. The third kappa shape index (κ3) is 2.25. The predicted octanol–water partition coefficient (Wildman–Crippen LogP) is 1.91. The van der Waals surface area contributed by atoms with Gasteiger partial charge in [-0.25, -0.2) is 0 Å². The molecule has 0 bridgehead atoms. The second kappa shape index (κ2) is 5.81. The van der Waals surface area contributed by atoms with Crippen molar-refractivity contribution >= 4 is 5.91 Å². The Hall–Kier alpha value is -3.02. The second-order valence-electron chi connectivity index (χ2n) is 6.21. The summed E-state index contributed by atoms with van der Waals surface area (Å²) in [6.45, 7) is 0. The van der Waals surface area contributed by atoms with Gasteiger partial charge in [0.25, 0.3) is 5.91 Å². The Morgan fingerprint density at radius 1 is 1.12 bits per heavy atom. The number of nitrogens with zero attached hydrogens (tertiary/aromatic N) is 3. The first-order valence-electron chi connectivity index (χ1n) is 8.20. The van der Waals surface area contributed by atoms with Crippen molar-refractivity contribution in [3.05, 3.63) is 76.2 Å². The zero-order valence-electron chi connectivity index (χ0n) is 14.1. The van der Waals surface area contributed by atoms with Gasteiger partial charge in [-0.2, -0.15) is 0 Å². The van der Waals surface area contributed by atoms with Crippen LogP contribution in [0.1, 0.15) is 28.5 Å². The minimum absolute atomic E-state index is 0.0534. The number of hydrogen-bond acceptors (Lipinski definition) is 4. The average molecular weight is 337 g/mol. The Morgan fingerprint density at radius 2 is 1.88 bits per heavy atom. The van der Waals surface area contributed by atoms with Crippen molar-refractivity contribution < 1.29 is 9.53 Å². The number of ether oxygens (including phenoxy) is 1. The summed E-state index contributed by atoms with van der Waals surface area (Å²) in [5, 5.41) is 2.12. The van der Waals surface area contributed by atoms with Crippen molar-refractivity contribution in [3.8, 4) is 5.75 Å². The van der Waals surface area contributed by atoms with E-state index in [1.807, 2.05) is 24.3 Å². The fraction of sp³-hybridized carbons (Fsp3) is 0.263. The highest BCUT2D eigenvalue weighted by Gasteiger charge is 2.41. The number of likely N-dealkylation sites (N-methyl/N-ethyl adjacent to an activating group) is 1. The smallest absolute Gasteiger partial charge is 0.278 e. The van der Waals surface area contributed by atoms with Gasteiger partial charge in [-0.1, -0.05) is 36.4 Å². The van der Waals surface area contributed by atoms with Crippen LogP contribution in [-0.4, -0.2) is 35.8 Å². The molecule has 6 heteroatoms. The molecule has 2 aliphatic heterocycles. The van der Waals surface area contributed by atoms with Gasteiger partial charge in [0.1, 0.15) is 6.17 Å². The van der Waals surface area contributed by atoms with E-state index >= 15 is 0 Å². The van der Waals surface area contributed by atoms with Crippen molar-refractivity contribution in [1.29, 1.82) is 0 Å². The highest BCUT2D eigenvalue weighted by molar-refractivity contribution is 5.96. The van der Waals surface area contributed by atoms with Crippen LogP contribution in [-0.2, 0) is 0 Å². The largest absolute Gasteiger partial charge is 0.491 e. The normalized spacial score (nSPS) is 21.8. The molecule has 4 rings (SSSR count). The SMILES string of the molecule is COc1c2n(ccc1=O)N1C(c3ccccc3)CC=CC1N(C)C2=O. The Balaban J connectivity index is 1.94. The number of carbonyl (C=O) groups is 1. The molecule has 1 aromatic heterocycles. The number of rotatable bonds is 2. The fourth-order valence-corrected chi connectivity index (χ4v) is 3.64. The summed E-state index contributed by atoms with van der Waals surface area (Å²) >= 11 is 0. The molecule has 128 valence electrons. The summed E-state index contributed by atoms with van der Waals surface area (Å²) in [6.07, 6.45) is 6.38. The highest BCUT2D eigenvalue weighted by Crippen LogP contribution is 2.35. The van der Waals surface area contributed by atoms with Gasteiger partial charge < -0.3 is 9.64 Å². The van der Waals surface area contributed by atoms with E-state index in [1.54, 1.807) is 22.8 Å². The Morgan fingerprint density at radius 3 is 2.60 bits per heavy atom. The van der Waals surface area contributed by atoms with Crippen LogP contribution in [0.25, 0.3) is 0 Å². The molecule has 0 radical (unpaired) electrons. The molecule has 0 N–H and O–H groups in total. The van der Waals surface area contributed by atoms with Crippen molar-refractivity contribution in [3.63, 3.8) is 0 Å². The van der Waals surface area contributed by atoms with Crippen LogP contribution in [0.4, 0.5) is 0 Å². The number of aromatic nitrogens is 1. The van der Waals surface area contributed by atoms with Gasteiger partial charge in [0.15, 0.2) is 11.4 Å². The minimum atomic E-state index is -0.294. The Bertz CT molecular complexity index is 904. The van der Waals surface area contributed by atoms with Gasteiger partial charge >= 0.3 is 0 Å². The summed E-state index contributed by atoms with van der Waals surface area (Å²) in [6, 6.07) is 11.7. The molecule has 6 nitrogen and oxygen atoms in total. The van der Waals surface area contributed by atoms with Gasteiger partial charge in [-0.05, 0) is 18.1 Å². The maximum atomic E-state index is 12.9. The van der Waals surface area contributed by atoms with Crippen LogP contribution in [0.3, 0.4) is 0 Å². The topological polar surface area (TPSA) is 54.8 Å². The Labute approximate surface area is 145 Å². The number of amides is 1.